The van der Waals surface area contributed by atoms with Crippen LogP contribution in [0.5, 0.6) is 0 Å². The second-order valence-corrected chi connectivity index (χ2v) is 4.01. The summed E-state index contributed by atoms with van der Waals surface area (Å²) in [6, 6.07) is 0. The van der Waals surface area contributed by atoms with Crippen molar-refractivity contribution in [2.45, 2.75) is 25.7 Å². The number of aromatic nitrogens is 2. The van der Waals surface area contributed by atoms with Crippen LogP contribution >= 0.6 is 0 Å². The molecule has 4 heteroatoms. The maximum absolute atomic E-state index is 5.00. The van der Waals surface area contributed by atoms with Crippen LogP contribution in [-0.4, -0.2) is 36.4 Å². The molecular formula is C12H23N3O. The summed E-state index contributed by atoms with van der Waals surface area (Å²) in [4.78, 5) is 4.28. The van der Waals surface area contributed by atoms with Crippen molar-refractivity contribution in [3.63, 3.8) is 0 Å². The van der Waals surface area contributed by atoms with Crippen LogP contribution in [0.4, 0.5) is 0 Å². The molecule has 1 N–H and O–H groups in total. The fourth-order valence-corrected chi connectivity index (χ4v) is 1.64. The number of methoxy groups -OCH3 is 1. The predicted octanol–water partition coefficient (Wildman–Crippen LogP) is 1.37. The van der Waals surface area contributed by atoms with Gasteiger partial charge in [0.05, 0.1) is 0 Å². The Labute approximate surface area is 98.0 Å². The zero-order chi connectivity index (χ0) is 11.6. The lowest BCUT2D eigenvalue weighted by Gasteiger charge is -2.04. The molecule has 0 aromatic carbocycles. The van der Waals surface area contributed by atoms with Gasteiger partial charge in [-0.25, -0.2) is 4.98 Å². The molecule has 0 aliphatic heterocycles. The highest BCUT2D eigenvalue weighted by molar-refractivity contribution is 4.91. The molecule has 1 aromatic heterocycles. The topological polar surface area (TPSA) is 39.1 Å². The van der Waals surface area contributed by atoms with Gasteiger partial charge in [-0.2, -0.15) is 0 Å². The second-order valence-electron chi connectivity index (χ2n) is 4.01. The number of unbranched alkanes of at least 4 members (excludes halogenated alkanes) is 2. The summed E-state index contributed by atoms with van der Waals surface area (Å²) in [5.74, 6) is 1.15. The molecule has 0 fully saturated rings. The summed E-state index contributed by atoms with van der Waals surface area (Å²) in [7, 11) is 3.79. The fraction of sp³-hybridized carbons (Fsp3) is 0.750. The van der Waals surface area contributed by atoms with Crippen molar-refractivity contribution in [2.75, 3.05) is 26.8 Å². The van der Waals surface area contributed by atoms with E-state index in [9.17, 15) is 0 Å². The third-order valence-electron chi connectivity index (χ3n) is 2.65. The lowest BCUT2D eigenvalue weighted by Crippen LogP contribution is -2.19. The molecule has 4 nitrogen and oxygen atoms in total. The highest BCUT2D eigenvalue weighted by Crippen LogP contribution is 1.95. The minimum Gasteiger partial charge on any atom is -0.385 e. The zero-order valence-corrected chi connectivity index (χ0v) is 10.4. The van der Waals surface area contributed by atoms with Crippen molar-refractivity contribution in [1.29, 1.82) is 0 Å². The smallest absolute Gasteiger partial charge is 0.109 e. The first-order chi connectivity index (χ1) is 7.84. The highest BCUT2D eigenvalue weighted by atomic mass is 16.5. The van der Waals surface area contributed by atoms with Crippen LogP contribution in [0.15, 0.2) is 12.4 Å². The minimum atomic E-state index is 0.882. The zero-order valence-electron chi connectivity index (χ0n) is 10.4. The molecule has 1 aromatic rings. The summed E-state index contributed by atoms with van der Waals surface area (Å²) < 4.78 is 7.07. The first-order valence-electron chi connectivity index (χ1n) is 6.00. The minimum absolute atomic E-state index is 0.882. The molecule has 0 atom stereocenters. The lowest BCUT2D eigenvalue weighted by atomic mass is 10.2. The third kappa shape index (κ3) is 5.28. The molecule has 0 saturated heterocycles. The quantitative estimate of drug-likeness (QED) is 0.645. The average molecular weight is 225 g/mol. The molecule has 1 heterocycles. The Hall–Kier alpha value is -0.870. The van der Waals surface area contributed by atoms with Crippen LogP contribution in [0.3, 0.4) is 0 Å². The maximum atomic E-state index is 5.00. The molecule has 0 aliphatic rings. The number of hydrogen-bond acceptors (Lipinski definition) is 3. The number of hydrogen-bond donors (Lipinski definition) is 1. The average Bonchev–Trinajstić information content (AvgIpc) is 2.68. The Morgan fingerprint density at radius 1 is 1.31 bits per heavy atom. The number of rotatable bonds is 9. The predicted molar refractivity (Wildman–Crippen MR) is 65.5 cm³/mol. The van der Waals surface area contributed by atoms with E-state index in [1.165, 1.54) is 12.8 Å². The fourth-order valence-electron chi connectivity index (χ4n) is 1.64. The first-order valence-corrected chi connectivity index (χ1v) is 6.00. The van der Waals surface area contributed by atoms with Gasteiger partial charge in [0.2, 0.25) is 0 Å². The van der Waals surface area contributed by atoms with Gasteiger partial charge in [-0.1, -0.05) is 0 Å². The Balaban J connectivity index is 1.91. The molecule has 0 saturated carbocycles. The van der Waals surface area contributed by atoms with E-state index in [0.717, 1.165) is 38.4 Å². The van der Waals surface area contributed by atoms with Crippen LogP contribution in [0, 0.1) is 0 Å². The van der Waals surface area contributed by atoms with E-state index in [1.807, 2.05) is 19.4 Å². The van der Waals surface area contributed by atoms with Gasteiger partial charge in [-0.15, -0.1) is 0 Å². The molecule has 0 aliphatic carbocycles. The Bertz CT molecular complexity index is 273. The van der Waals surface area contributed by atoms with Gasteiger partial charge in [0.25, 0.3) is 0 Å². The van der Waals surface area contributed by atoms with Crippen molar-refractivity contribution in [3.8, 4) is 0 Å². The second kappa shape index (κ2) is 8.30. The van der Waals surface area contributed by atoms with E-state index in [1.54, 1.807) is 7.11 Å². The number of nitrogens with zero attached hydrogens (tertiary/aromatic N) is 2. The highest BCUT2D eigenvalue weighted by Gasteiger charge is 1.97. The van der Waals surface area contributed by atoms with Gasteiger partial charge in [0, 0.05) is 46.1 Å². The van der Waals surface area contributed by atoms with E-state index in [4.69, 9.17) is 4.74 Å². The van der Waals surface area contributed by atoms with Gasteiger partial charge in [-0.05, 0) is 25.8 Å². The standard InChI is InChI=1S/C12H23N3O/c1-15-10-9-14-12(15)6-8-13-7-4-3-5-11-16-2/h9-10,13H,3-8,11H2,1-2H3. The number of aryl methyl sites for hydroxylation is 1. The van der Waals surface area contributed by atoms with Crippen molar-refractivity contribution < 1.29 is 4.74 Å². The van der Waals surface area contributed by atoms with E-state index in [-0.39, 0.29) is 0 Å². The number of imidazole rings is 1. The first kappa shape index (κ1) is 13.2. The molecule has 0 amide bonds. The summed E-state index contributed by atoms with van der Waals surface area (Å²) in [5.41, 5.74) is 0. The maximum Gasteiger partial charge on any atom is 0.109 e. The number of ether oxygens (including phenoxy) is 1. The normalized spacial score (nSPS) is 10.9. The van der Waals surface area contributed by atoms with Crippen LogP contribution in [0.1, 0.15) is 25.1 Å². The summed E-state index contributed by atoms with van der Waals surface area (Å²) in [6.45, 7) is 2.98. The molecule has 0 spiro atoms. The molecule has 1 rings (SSSR count). The largest absolute Gasteiger partial charge is 0.385 e. The van der Waals surface area contributed by atoms with Crippen molar-refractivity contribution in [1.82, 2.24) is 14.9 Å². The van der Waals surface area contributed by atoms with Crippen molar-refractivity contribution in [2.24, 2.45) is 7.05 Å². The van der Waals surface area contributed by atoms with Crippen LogP contribution in [-0.2, 0) is 18.2 Å². The summed E-state index contributed by atoms with van der Waals surface area (Å²) >= 11 is 0. The van der Waals surface area contributed by atoms with E-state index in [2.05, 4.69) is 14.9 Å². The Morgan fingerprint density at radius 3 is 2.88 bits per heavy atom. The molecule has 16 heavy (non-hydrogen) atoms. The van der Waals surface area contributed by atoms with E-state index in [0.29, 0.717) is 0 Å². The van der Waals surface area contributed by atoms with Gasteiger partial charge in [-0.3, -0.25) is 0 Å². The molecule has 92 valence electrons. The SMILES string of the molecule is COCCCCCNCCc1nccn1C. The molecule has 0 unspecified atom stereocenters. The van der Waals surface area contributed by atoms with Crippen molar-refractivity contribution in [3.05, 3.63) is 18.2 Å². The summed E-state index contributed by atoms with van der Waals surface area (Å²) in [5, 5.41) is 3.43. The van der Waals surface area contributed by atoms with Crippen molar-refractivity contribution >= 4 is 0 Å². The molecular weight excluding hydrogens is 202 g/mol. The van der Waals surface area contributed by atoms with Crippen LogP contribution in [0.2, 0.25) is 0 Å². The third-order valence-corrected chi connectivity index (χ3v) is 2.65. The van der Waals surface area contributed by atoms with Crippen LogP contribution < -0.4 is 5.32 Å². The van der Waals surface area contributed by atoms with Gasteiger partial charge in [0.15, 0.2) is 0 Å². The summed E-state index contributed by atoms with van der Waals surface area (Å²) in [6.07, 6.45) is 8.46. The molecule has 0 radical (unpaired) electrons. The Kier molecular flexibility index (Phi) is 6.85. The van der Waals surface area contributed by atoms with Gasteiger partial charge < -0.3 is 14.6 Å². The molecule has 0 bridgehead atoms. The van der Waals surface area contributed by atoms with E-state index >= 15 is 0 Å². The lowest BCUT2D eigenvalue weighted by molar-refractivity contribution is 0.192. The van der Waals surface area contributed by atoms with E-state index < -0.39 is 0 Å². The van der Waals surface area contributed by atoms with Crippen LogP contribution in [0.25, 0.3) is 0 Å². The number of nitrogens with one attached hydrogen (secondary N) is 1. The van der Waals surface area contributed by atoms with Gasteiger partial charge in [0.1, 0.15) is 5.82 Å². The Morgan fingerprint density at radius 2 is 2.19 bits per heavy atom. The monoisotopic (exact) mass is 225 g/mol. The van der Waals surface area contributed by atoms with Gasteiger partial charge >= 0.3 is 0 Å².